The Kier molecular flexibility index (Phi) is 10.5. The summed E-state index contributed by atoms with van der Waals surface area (Å²) in [6.45, 7) is 8.99. The van der Waals surface area contributed by atoms with Gasteiger partial charge in [-0.25, -0.2) is 0 Å². The average Bonchev–Trinajstić information content (AvgIpc) is 2.41. The number of carbonyl (C=O) groups excluding carboxylic acids is 1. The minimum atomic E-state index is 0. The SMILES string of the molecule is Cl.Cl.NCCN1CCN(C(=O)CN2CCOCC2)CC1. The summed E-state index contributed by atoms with van der Waals surface area (Å²) >= 11 is 0. The van der Waals surface area contributed by atoms with Gasteiger partial charge in [0.25, 0.3) is 0 Å². The lowest BCUT2D eigenvalue weighted by molar-refractivity contribution is -0.135. The lowest BCUT2D eigenvalue weighted by atomic mass is 10.3. The predicted molar refractivity (Wildman–Crippen MR) is 83.8 cm³/mol. The number of nitrogens with zero attached hydrogens (tertiary/aromatic N) is 3. The molecule has 20 heavy (non-hydrogen) atoms. The van der Waals surface area contributed by atoms with Crippen LogP contribution in [0.3, 0.4) is 0 Å². The number of carbonyl (C=O) groups is 1. The van der Waals surface area contributed by atoms with Crippen molar-refractivity contribution in [2.45, 2.75) is 0 Å². The Labute approximate surface area is 133 Å². The fourth-order valence-corrected chi connectivity index (χ4v) is 2.45. The van der Waals surface area contributed by atoms with Crippen LogP contribution in [-0.2, 0) is 9.53 Å². The van der Waals surface area contributed by atoms with E-state index in [1.165, 1.54) is 0 Å². The van der Waals surface area contributed by atoms with Gasteiger partial charge in [0.15, 0.2) is 0 Å². The standard InChI is InChI=1S/C12H24N4O2.2ClH/c13-1-2-14-3-5-16(6-4-14)12(17)11-15-7-9-18-10-8-15;;/h1-11,13H2;2*1H. The first-order chi connectivity index (χ1) is 8.79. The number of halogens is 2. The van der Waals surface area contributed by atoms with Crippen LogP contribution in [0.15, 0.2) is 0 Å². The van der Waals surface area contributed by atoms with Crippen LogP contribution in [0.5, 0.6) is 0 Å². The molecule has 0 aliphatic carbocycles. The third kappa shape index (κ3) is 6.11. The number of rotatable bonds is 4. The number of amides is 1. The molecule has 2 saturated heterocycles. The van der Waals surface area contributed by atoms with Crippen LogP contribution in [0.1, 0.15) is 0 Å². The second-order valence-electron chi connectivity index (χ2n) is 4.90. The van der Waals surface area contributed by atoms with Crippen LogP contribution in [0.25, 0.3) is 0 Å². The Morgan fingerprint density at radius 3 is 2.10 bits per heavy atom. The maximum absolute atomic E-state index is 12.1. The molecule has 2 aliphatic rings. The highest BCUT2D eigenvalue weighted by molar-refractivity contribution is 5.85. The minimum Gasteiger partial charge on any atom is -0.379 e. The predicted octanol–water partition coefficient (Wildman–Crippen LogP) is -0.735. The van der Waals surface area contributed by atoms with Gasteiger partial charge in [0.2, 0.25) is 5.91 Å². The van der Waals surface area contributed by atoms with Gasteiger partial charge in [-0.15, -0.1) is 24.8 Å². The first kappa shape index (κ1) is 19.9. The number of nitrogens with two attached hydrogens (primary N) is 1. The fourth-order valence-electron chi connectivity index (χ4n) is 2.45. The van der Waals surface area contributed by atoms with Gasteiger partial charge in [-0.05, 0) is 0 Å². The van der Waals surface area contributed by atoms with Gasteiger partial charge in [0.1, 0.15) is 0 Å². The van der Waals surface area contributed by atoms with Gasteiger partial charge in [-0.3, -0.25) is 14.6 Å². The van der Waals surface area contributed by atoms with Crippen molar-refractivity contribution in [3.05, 3.63) is 0 Å². The van der Waals surface area contributed by atoms with Gasteiger partial charge in [0, 0.05) is 52.4 Å². The van der Waals surface area contributed by atoms with Crippen molar-refractivity contribution in [3.8, 4) is 0 Å². The molecule has 2 rings (SSSR count). The van der Waals surface area contributed by atoms with E-state index in [4.69, 9.17) is 10.5 Å². The highest BCUT2D eigenvalue weighted by atomic mass is 35.5. The summed E-state index contributed by atoms with van der Waals surface area (Å²) in [4.78, 5) is 18.6. The largest absolute Gasteiger partial charge is 0.379 e. The Morgan fingerprint density at radius 2 is 1.55 bits per heavy atom. The number of piperazine rings is 1. The molecule has 0 aromatic rings. The summed E-state index contributed by atoms with van der Waals surface area (Å²) < 4.78 is 5.28. The number of morpholine rings is 1. The lowest BCUT2D eigenvalue weighted by Crippen LogP contribution is -2.52. The van der Waals surface area contributed by atoms with Crippen LogP contribution in [-0.4, -0.2) is 92.7 Å². The van der Waals surface area contributed by atoms with Crippen molar-refractivity contribution in [2.75, 3.05) is 72.1 Å². The maximum Gasteiger partial charge on any atom is 0.236 e. The van der Waals surface area contributed by atoms with Crippen molar-refractivity contribution in [1.82, 2.24) is 14.7 Å². The van der Waals surface area contributed by atoms with Crippen molar-refractivity contribution < 1.29 is 9.53 Å². The monoisotopic (exact) mass is 328 g/mol. The van der Waals surface area contributed by atoms with E-state index in [0.29, 0.717) is 13.1 Å². The first-order valence-electron chi connectivity index (χ1n) is 6.80. The fraction of sp³-hybridized carbons (Fsp3) is 0.917. The maximum atomic E-state index is 12.1. The average molecular weight is 329 g/mol. The van der Waals surface area contributed by atoms with Gasteiger partial charge in [0.05, 0.1) is 19.8 Å². The molecule has 6 nitrogen and oxygen atoms in total. The summed E-state index contributed by atoms with van der Waals surface area (Å²) in [7, 11) is 0. The van der Waals surface area contributed by atoms with Gasteiger partial charge in [-0.1, -0.05) is 0 Å². The molecule has 0 atom stereocenters. The Balaban J connectivity index is 0.00000180. The van der Waals surface area contributed by atoms with Crippen LogP contribution < -0.4 is 5.73 Å². The molecular formula is C12H26Cl2N4O2. The second kappa shape index (κ2) is 10.6. The van der Waals surface area contributed by atoms with Crippen LogP contribution in [0.2, 0.25) is 0 Å². The third-order valence-electron chi connectivity index (χ3n) is 3.63. The number of hydrogen-bond donors (Lipinski definition) is 1. The molecule has 1 amide bonds. The molecule has 2 fully saturated rings. The van der Waals surface area contributed by atoms with E-state index in [1.807, 2.05) is 4.90 Å². The molecular weight excluding hydrogens is 303 g/mol. The van der Waals surface area contributed by atoms with Gasteiger partial charge < -0.3 is 15.4 Å². The molecule has 2 heterocycles. The van der Waals surface area contributed by atoms with Crippen LogP contribution in [0, 0.1) is 0 Å². The van der Waals surface area contributed by atoms with Crippen LogP contribution in [0.4, 0.5) is 0 Å². The molecule has 0 radical (unpaired) electrons. The molecule has 120 valence electrons. The van der Waals surface area contributed by atoms with E-state index >= 15 is 0 Å². The van der Waals surface area contributed by atoms with E-state index in [2.05, 4.69) is 9.80 Å². The van der Waals surface area contributed by atoms with Crippen molar-refractivity contribution in [3.63, 3.8) is 0 Å². The molecule has 0 unspecified atom stereocenters. The van der Waals surface area contributed by atoms with E-state index in [1.54, 1.807) is 0 Å². The third-order valence-corrected chi connectivity index (χ3v) is 3.63. The molecule has 2 N–H and O–H groups in total. The lowest BCUT2D eigenvalue weighted by Gasteiger charge is -2.36. The zero-order valence-corrected chi connectivity index (χ0v) is 13.5. The summed E-state index contributed by atoms with van der Waals surface area (Å²) in [5, 5.41) is 0. The van der Waals surface area contributed by atoms with E-state index in [-0.39, 0.29) is 30.7 Å². The topological polar surface area (TPSA) is 62.0 Å². The molecule has 2 aliphatic heterocycles. The summed E-state index contributed by atoms with van der Waals surface area (Å²) in [6, 6.07) is 0. The molecule has 0 spiro atoms. The van der Waals surface area contributed by atoms with Gasteiger partial charge >= 0.3 is 0 Å². The van der Waals surface area contributed by atoms with E-state index < -0.39 is 0 Å². The first-order valence-corrected chi connectivity index (χ1v) is 6.80. The molecule has 0 saturated carbocycles. The minimum absolute atomic E-state index is 0. The summed E-state index contributed by atoms with van der Waals surface area (Å²) in [6.07, 6.45) is 0. The molecule has 0 bridgehead atoms. The van der Waals surface area contributed by atoms with Crippen LogP contribution >= 0.6 is 24.8 Å². The second-order valence-corrected chi connectivity index (χ2v) is 4.90. The smallest absolute Gasteiger partial charge is 0.236 e. The zero-order chi connectivity index (χ0) is 12.8. The highest BCUT2D eigenvalue weighted by Crippen LogP contribution is 2.04. The van der Waals surface area contributed by atoms with Crippen molar-refractivity contribution in [2.24, 2.45) is 5.73 Å². The normalized spacial score (nSPS) is 20.9. The van der Waals surface area contributed by atoms with E-state index in [9.17, 15) is 4.79 Å². The van der Waals surface area contributed by atoms with Crippen molar-refractivity contribution >= 4 is 30.7 Å². The summed E-state index contributed by atoms with van der Waals surface area (Å²) in [5.41, 5.74) is 5.54. The summed E-state index contributed by atoms with van der Waals surface area (Å²) in [5.74, 6) is 0.254. The Morgan fingerprint density at radius 1 is 0.950 bits per heavy atom. The molecule has 0 aromatic heterocycles. The number of hydrogen-bond acceptors (Lipinski definition) is 5. The Bertz CT molecular complexity index is 270. The number of ether oxygens (including phenoxy) is 1. The Hall–Kier alpha value is -0.110. The molecule has 0 aromatic carbocycles. The van der Waals surface area contributed by atoms with E-state index in [0.717, 1.165) is 59.0 Å². The van der Waals surface area contributed by atoms with Gasteiger partial charge in [-0.2, -0.15) is 0 Å². The zero-order valence-electron chi connectivity index (χ0n) is 11.8. The molecule has 8 heteroatoms. The quantitative estimate of drug-likeness (QED) is 0.737. The van der Waals surface area contributed by atoms with Crippen molar-refractivity contribution in [1.29, 1.82) is 0 Å². The highest BCUT2D eigenvalue weighted by Gasteiger charge is 2.22.